The number of benzene rings is 1. The van der Waals surface area contributed by atoms with Gasteiger partial charge in [-0.2, -0.15) is 0 Å². The Bertz CT molecular complexity index is 552. The largest absolute Gasteiger partial charge is 0.489 e. The van der Waals surface area contributed by atoms with Crippen LogP contribution in [0.4, 0.5) is 0 Å². The van der Waals surface area contributed by atoms with Gasteiger partial charge in [0.05, 0.1) is 0 Å². The number of ether oxygens (including phenoxy) is 1. The van der Waals surface area contributed by atoms with Crippen LogP contribution in [0.15, 0.2) is 41.9 Å². The molecule has 1 atom stereocenters. The Morgan fingerprint density at radius 1 is 1.32 bits per heavy atom. The first-order valence-electron chi connectivity index (χ1n) is 9.28. The maximum atomic E-state index is 5.71. The van der Waals surface area contributed by atoms with Gasteiger partial charge < -0.3 is 15.4 Å². The van der Waals surface area contributed by atoms with Crippen LogP contribution in [0, 0.1) is 0 Å². The van der Waals surface area contributed by atoms with Crippen LogP contribution in [0.3, 0.4) is 0 Å². The van der Waals surface area contributed by atoms with E-state index in [0.29, 0.717) is 19.2 Å². The van der Waals surface area contributed by atoms with Crippen LogP contribution in [0.2, 0.25) is 0 Å². The van der Waals surface area contributed by atoms with Crippen molar-refractivity contribution in [1.82, 2.24) is 15.5 Å². The van der Waals surface area contributed by atoms with E-state index in [-0.39, 0.29) is 0 Å². The highest BCUT2D eigenvalue weighted by Crippen LogP contribution is 2.17. The zero-order valence-electron chi connectivity index (χ0n) is 15.6. The Labute approximate surface area is 152 Å². The molecule has 1 fully saturated rings. The van der Waals surface area contributed by atoms with Gasteiger partial charge in [-0.25, -0.2) is 0 Å². The summed E-state index contributed by atoms with van der Waals surface area (Å²) in [4.78, 5) is 6.93. The Balaban J connectivity index is 1.84. The smallest absolute Gasteiger partial charge is 0.191 e. The molecule has 2 rings (SSSR count). The normalized spacial score (nSPS) is 16.5. The molecule has 1 aliphatic rings. The van der Waals surface area contributed by atoms with Crippen molar-refractivity contribution in [2.45, 2.75) is 38.8 Å². The second-order valence-electron chi connectivity index (χ2n) is 6.32. The van der Waals surface area contributed by atoms with Crippen molar-refractivity contribution in [2.24, 2.45) is 4.99 Å². The van der Waals surface area contributed by atoms with Crippen LogP contribution in [0.25, 0.3) is 0 Å². The van der Waals surface area contributed by atoms with E-state index in [4.69, 9.17) is 4.74 Å². The van der Waals surface area contributed by atoms with Crippen molar-refractivity contribution < 1.29 is 4.74 Å². The molecule has 1 saturated heterocycles. The van der Waals surface area contributed by atoms with Crippen LogP contribution in [0.1, 0.15) is 31.7 Å². The van der Waals surface area contributed by atoms with Gasteiger partial charge >= 0.3 is 0 Å². The first kappa shape index (κ1) is 19.3. The predicted molar refractivity (Wildman–Crippen MR) is 105 cm³/mol. The van der Waals surface area contributed by atoms with Gasteiger partial charge in [0, 0.05) is 31.7 Å². The van der Waals surface area contributed by atoms with E-state index < -0.39 is 0 Å². The standard InChI is InChI=1S/C20H32N4O/c1-4-14-25-19-11-7-6-10-17(19)15-22-20(21-3)23-16-18(5-2)24-12-8-9-13-24/h4,6-7,10-11,18H,1,5,8-9,12-16H2,2-3H3,(H2,21,22,23). The molecule has 2 N–H and O–H groups in total. The molecule has 0 radical (unpaired) electrons. The lowest BCUT2D eigenvalue weighted by molar-refractivity contribution is 0.236. The summed E-state index contributed by atoms with van der Waals surface area (Å²) in [5, 5.41) is 6.86. The summed E-state index contributed by atoms with van der Waals surface area (Å²) in [7, 11) is 1.81. The van der Waals surface area contributed by atoms with Gasteiger partial charge in [-0.3, -0.25) is 9.89 Å². The minimum Gasteiger partial charge on any atom is -0.489 e. The summed E-state index contributed by atoms with van der Waals surface area (Å²) in [5.74, 6) is 1.71. The fraction of sp³-hybridized carbons (Fsp3) is 0.550. The first-order valence-corrected chi connectivity index (χ1v) is 9.28. The maximum absolute atomic E-state index is 5.71. The average Bonchev–Trinajstić information content (AvgIpc) is 3.18. The summed E-state index contributed by atoms with van der Waals surface area (Å²) in [6.07, 6.45) is 5.56. The Hall–Kier alpha value is -2.01. The van der Waals surface area contributed by atoms with E-state index in [1.807, 2.05) is 25.2 Å². The molecule has 1 aliphatic heterocycles. The third-order valence-corrected chi connectivity index (χ3v) is 4.63. The quantitative estimate of drug-likeness (QED) is 0.411. The highest BCUT2D eigenvalue weighted by atomic mass is 16.5. The van der Waals surface area contributed by atoms with Crippen LogP contribution in [0.5, 0.6) is 5.75 Å². The monoisotopic (exact) mass is 344 g/mol. The molecule has 0 amide bonds. The van der Waals surface area contributed by atoms with E-state index >= 15 is 0 Å². The van der Waals surface area contributed by atoms with Crippen molar-refractivity contribution in [3.05, 3.63) is 42.5 Å². The molecule has 1 heterocycles. The Kier molecular flexibility index (Phi) is 8.32. The lowest BCUT2D eigenvalue weighted by Crippen LogP contribution is -2.46. The minimum atomic E-state index is 0.512. The topological polar surface area (TPSA) is 48.9 Å². The molecule has 138 valence electrons. The lowest BCUT2D eigenvalue weighted by atomic mass is 10.2. The summed E-state index contributed by atoms with van der Waals surface area (Å²) in [6.45, 7) is 10.5. The predicted octanol–water partition coefficient (Wildman–Crippen LogP) is 2.79. The minimum absolute atomic E-state index is 0.512. The Morgan fingerprint density at radius 2 is 2.08 bits per heavy atom. The molecule has 0 aromatic heterocycles. The summed E-state index contributed by atoms with van der Waals surface area (Å²) in [6, 6.07) is 8.63. The Morgan fingerprint density at radius 3 is 2.76 bits per heavy atom. The average molecular weight is 345 g/mol. The highest BCUT2D eigenvalue weighted by Gasteiger charge is 2.20. The van der Waals surface area contributed by atoms with E-state index in [0.717, 1.165) is 30.2 Å². The van der Waals surface area contributed by atoms with Crippen molar-refractivity contribution in [3.63, 3.8) is 0 Å². The van der Waals surface area contributed by atoms with Crippen molar-refractivity contribution in [2.75, 3.05) is 33.3 Å². The van der Waals surface area contributed by atoms with Gasteiger partial charge in [-0.05, 0) is 38.4 Å². The zero-order valence-corrected chi connectivity index (χ0v) is 15.6. The number of aliphatic imine (C=N–C) groups is 1. The van der Waals surface area contributed by atoms with Gasteiger partial charge in [0.2, 0.25) is 0 Å². The second-order valence-corrected chi connectivity index (χ2v) is 6.32. The molecule has 0 spiro atoms. The number of nitrogens with one attached hydrogen (secondary N) is 2. The van der Waals surface area contributed by atoms with Gasteiger partial charge in [-0.1, -0.05) is 37.8 Å². The maximum Gasteiger partial charge on any atom is 0.191 e. The van der Waals surface area contributed by atoms with Crippen molar-refractivity contribution >= 4 is 5.96 Å². The summed E-state index contributed by atoms with van der Waals surface area (Å²) >= 11 is 0. The number of guanidine groups is 1. The van der Waals surface area contributed by atoms with Crippen LogP contribution < -0.4 is 15.4 Å². The third-order valence-electron chi connectivity index (χ3n) is 4.63. The van der Waals surface area contributed by atoms with E-state index in [1.54, 1.807) is 6.08 Å². The molecule has 1 aromatic rings. The third kappa shape index (κ3) is 6.09. The van der Waals surface area contributed by atoms with Gasteiger partial charge in [-0.15, -0.1) is 0 Å². The molecule has 1 aromatic carbocycles. The number of para-hydroxylation sites is 1. The molecule has 25 heavy (non-hydrogen) atoms. The van der Waals surface area contributed by atoms with Gasteiger partial charge in [0.1, 0.15) is 12.4 Å². The van der Waals surface area contributed by atoms with Crippen molar-refractivity contribution in [1.29, 1.82) is 0 Å². The number of hydrogen-bond acceptors (Lipinski definition) is 3. The molecule has 0 bridgehead atoms. The fourth-order valence-corrected chi connectivity index (χ4v) is 3.19. The van der Waals surface area contributed by atoms with Crippen LogP contribution in [-0.4, -0.2) is 50.2 Å². The molecule has 5 nitrogen and oxygen atoms in total. The molecule has 5 heteroatoms. The van der Waals surface area contributed by atoms with E-state index in [9.17, 15) is 0 Å². The summed E-state index contributed by atoms with van der Waals surface area (Å²) < 4.78 is 5.71. The SMILES string of the molecule is C=CCOc1ccccc1CNC(=NC)NCC(CC)N1CCCC1. The zero-order chi connectivity index (χ0) is 17.9. The second kappa shape index (κ2) is 10.8. The van der Waals surface area contributed by atoms with Gasteiger partial charge in [0.25, 0.3) is 0 Å². The first-order chi connectivity index (χ1) is 12.3. The molecule has 1 unspecified atom stereocenters. The van der Waals surface area contributed by atoms with Crippen LogP contribution in [-0.2, 0) is 6.54 Å². The van der Waals surface area contributed by atoms with Crippen molar-refractivity contribution in [3.8, 4) is 5.75 Å². The highest BCUT2D eigenvalue weighted by molar-refractivity contribution is 5.79. The molecular formula is C20H32N4O. The molecular weight excluding hydrogens is 312 g/mol. The number of likely N-dealkylation sites (tertiary alicyclic amines) is 1. The van der Waals surface area contributed by atoms with E-state index in [1.165, 1.54) is 25.9 Å². The number of rotatable bonds is 9. The fourth-order valence-electron chi connectivity index (χ4n) is 3.19. The molecule has 0 saturated carbocycles. The lowest BCUT2D eigenvalue weighted by Gasteiger charge is -2.27. The molecule has 0 aliphatic carbocycles. The summed E-state index contributed by atoms with van der Waals surface area (Å²) in [5.41, 5.74) is 1.11. The van der Waals surface area contributed by atoms with E-state index in [2.05, 4.69) is 40.1 Å². The van der Waals surface area contributed by atoms with Gasteiger partial charge in [0.15, 0.2) is 5.96 Å². The van der Waals surface area contributed by atoms with Crippen LogP contribution >= 0.6 is 0 Å². The number of nitrogens with zero attached hydrogens (tertiary/aromatic N) is 2. The number of hydrogen-bond donors (Lipinski definition) is 2.